The molecule has 0 aliphatic rings. The number of ether oxygens (including phenoxy) is 1. The predicted molar refractivity (Wildman–Crippen MR) is 108 cm³/mol. The highest BCUT2D eigenvalue weighted by Crippen LogP contribution is 2.25. The number of sulfonamides is 1. The van der Waals surface area contributed by atoms with Crippen molar-refractivity contribution in [2.75, 3.05) is 24.1 Å². The number of aryl methyl sites for hydroxylation is 1. The summed E-state index contributed by atoms with van der Waals surface area (Å²) in [4.78, 5) is 12.3. The van der Waals surface area contributed by atoms with Gasteiger partial charge in [-0.25, -0.2) is 8.42 Å². The molecule has 0 aromatic heterocycles. The summed E-state index contributed by atoms with van der Waals surface area (Å²) in [6.45, 7) is 6.69. The van der Waals surface area contributed by atoms with Crippen LogP contribution in [0.4, 0.5) is 5.69 Å². The summed E-state index contributed by atoms with van der Waals surface area (Å²) >= 11 is 0. The Morgan fingerprint density at radius 2 is 1.85 bits per heavy atom. The van der Waals surface area contributed by atoms with Gasteiger partial charge in [0.2, 0.25) is 10.0 Å². The van der Waals surface area contributed by atoms with Gasteiger partial charge in [-0.15, -0.1) is 0 Å². The number of nitrogens with one attached hydrogen (secondary N) is 2. The van der Waals surface area contributed by atoms with Crippen LogP contribution in [0.2, 0.25) is 0 Å². The zero-order chi connectivity index (χ0) is 20.0. The smallest absolute Gasteiger partial charge is 0.251 e. The Labute approximate surface area is 161 Å². The number of para-hydroxylation sites is 1. The van der Waals surface area contributed by atoms with Crippen molar-refractivity contribution in [1.82, 2.24) is 5.32 Å². The maximum Gasteiger partial charge on any atom is 0.251 e. The quantitative estimate of drug-likeness (QED) is 0.678. The third kappa shape index (κ3) is 6.29. The van der Waals surface area contributed by atoms with Gasteiger partial charge in [0.1, 0.15) is 12.4 Å². The lowest BCUT2D eigenvalue weighted by Crippen LogP contribution is -2.28. The highest BCUT2D eigenvalue weighted by atomic mass is 32.2. The summed E-state index contributed by atoms with van der Waals surface area (Å²) in [6.07, 6.45) is 1.09. The van der Waals surface area contributed by atoms with Crippen LogP contribution < -0.4 is 14.8 Å². The van der Waals surface area contributed by atoms with Crippen molar-refractivity contribution in [3.63, 3.8) is 0 Å². The van der Waals surface area contributed by atoms with Gasteiger partial charge < -0.3 is 10.1 Å². The van der Waals surface area contributed by atoms with Crippen LogP contribution in [0.25, 0.3) is 0 Å². The van der Waals surface area contributed by atoms with E-state index in [0.717, 1.165) is 17.6 Å². The molecule has 27 heavy (non-hydrogen) atoms. The van der Waals surface area contributed by atoms with Gasteiger partial charge in [0, 0.05) is 5.56 Å². The SMILES string of the molecule is Cc1cc(C(=O)NCCOc2ccccc2C(C)C)ccc1NS(C)(=O)=O. The average molecular weight is 391 g/mol. The molecule has 0 fully saturated rings. The molecule has 2 aromatic carbocycles. The van der Waals surface area contributed by atoms with E-state index in [1.165, 1.54) is 0 Å². The molecular weight excluding hydrogens is 364 g/mol. The van der Waals surface area contributed by atoms with E-state index in [4.69, 9.17) is 4.74 Å². The Morgan fingerprint density at radius 3 is 2.48 bits per heavy atom. The van der Waals surface area contributed by atoms with Crippen LogP contribution >= 0.6 is 0 Å². The van der Waals surface area contributed by atoms with Crippen LogP contribution in [0.15, 0.2) is 42.5 Å². The zero-order valence-corrected chi connectivity index (χ0v) is 16.9. The second kappa shape index (κ2) is 8.90. The van der Waals surface area contributed by atoms with E-state index in [9.17, 15) is 13.2 Å². The molecule has 7 heteroatoms. The van der Waals surface area contributed by atoms with Gasteiger partial charge in [-0.2, -0.15) is 0 Å². The van der Waals surface area contributed by atoms with Crippen molar-refractivity contribution in [2.24, 2.45) is 0 Å². The van der Waals surface area contributed by atoms with Crippen LogP contribution in [0.5, 0.6) is 5.75 Å². The third-order valence-corrected chi connectivity index (χ3v) is 4.56. The van der Waals surface area contributed by atoms with E-state index in [1.807, 2.05) is 24.3 Å². The molecule has 0 spiro atoms. The van der Waals surface area contributed by atoms with Gasteiger partial charge in [0.25, 0.3) is 5.91 Å². The first-order valence-corrected chi connectivity index (χ1v) is 10.6. The van der Waals surface area contributed by atoms with Crippen LogP contribution in [0.1, 0.15) is 41.3 Å². The second-order valence-corrected chi connectivity index (χ2v) is 8.45. The predicted octanol–water partition coefficient (Wildman–Crippen LogP) is 3.30. The van der Waals surface area contributed by atoms with Crippen LogP contribution in [0, 0.1) is 6.92 Å². The molecule has 146 valence electrons. The molecule has 2 N–H and O–H groups in total. The number of hydrogen-bond acceptors (Lipinski definition) is 4. The van der Waals surface area contributed by atoms with Crippen LogP contribution in [-0.2, 0) is 10.0 Å². The fourth-order valence-electron chi connectivity index (χ4n) is 2.64. The molecule has 2 rings (SSSR count). The molecular formula is C20H26N2O4S. The summed E-state index contributed by atoms with van der Waals surface area (Å²) in [5, 5.41) is 2.81. The lowest BCUT2D eigenvalue weighted by atomic mass is 10.0. The molecule has 1 amide bonds. The molecule has 2 aromatic rings. The third-order valence-electron chi connectivity index (χ3n) is 3.97. The second-order valence-electron chi connectivity index (χ2n) is 6.70. The normalized spacial score (nSPS) is 11.3. The summed E-state index contributed by atoms with van der Waals surface area (Å²) in [7, 11) is -3.35. The fraction of sp³-hybridized carbons (Fsp3) is 0.350. The van der Waals surface area contributed by atoms with Crippen molar-refractivity contribution >= 4 is 21.6 Å². The molecule has 6 nitrogen and oxygen atoms in total. The molecule has 0 radical (unpaired) electrons. The minimum absolute atomic E-state index is 0.232. The van der Waals surface area contributed by atoms with Crippen molar-refractivity contribution in [3.05, 3.63) is 59.2 Å². The van der Waals surface area contributed by atoms with E-state index in [2.05, 4.69) is 23.9 Å². The molecule has 0 unspecified atom stereocenters. The van der Waals surface area contributed by atoms with Crippen LogP contribution in [-0.4, -0.2) is 33.7 Å². The molecule has 0 bridgehead atoms. The molecule has 0 saturated carbocycles. The first-order chi connectivity index (χ1) is 12.7. The number of carbonyl (C=O) groups excluding carboxylic acids is 1. The lowest BCUT2D eigenvalue weighted by molar-refractivity contribution is 0.0947. The van der Waals surface area contributed by atoms with E-state index in [1.54, 1.807) is 25.1 Å². The van der Waals surface area contributed by atoms with E-state index < -0.39 is 10.0 Å². The van der Waals surface area contributed by atoms with Crippen molar-refractivity contribution in [2.45, 2.75) is 26.7 Å². The molecule has 0 aliphatic heterocycles. The van der Waals surface area contributed by atoms with Crippen LogP contribution in [0.3, 0.4) is 0 Å². The average Bonchev–Trinajstić information content (AvgIpc) is 2.59. The first kappa shape index (κ1) is 20.8. The summed E-state index contributed by atoms with van der Waals surface area (Å²) in [5.41, 5.74) is 2.74. The fourth-order valence-corrected chi connectivity index (χ4v) is 3.26. The molecule has 0 heterocycles. The Hall–Kier alpha value is -2.54. The summed E-state index contributed by atoms with van der Waals surface area (Å²) in [6, 6.07) is 12.7. The highest BCUT2D eigenvalue weighted by molar-refractivity contribution is 7.92. The number of benzene rings is 2. The highest BCUT2D eigenvalue weighted by Gasteiger charge is 2.10. The van der Waals surface area contributed by atoms with E-state index >= 15 is 0 Å². The van der Waals surface area contributed by atoms with Gasteiger partial charge >= 0.3 is 0 Å². The Bertz CT molecular complexity index is 908. The van der Waals surface area contributed by atoms with E-state index in [0.29, 0.717) is 35.9 Å². The van der Waals surface area contributed by atoms with Gasteiger partial charge in [-0.3, -0.25) is 9.52 Å². The topological polar surface area (TPSA) is 84.5 Å². The Morgan fingerprint density at radius 1 is 1.15 bits per heavy atom. The monoisotopic (exact) mass is 390 g/mol. The van der Waals surface area contributed by atoms with E-state index in [-0.39, 0.29) is 5.91 Å². The largest absolute Gasteiger partial charge is 0.491 e. The maximum atomic E-state index is 12.3. The van der Waals surface area contributed by atoms with Gasteiger partial charge in [0.05, 0.1) is 18.5 Å². The standard InChI is InChI=1S/C20H26N2O4S/c1-14(2)17-7-5-6-8-19(17)26-12-11-21-20(23)16-9-10-18(15(3)13-16)22-27(4,24)25/h5-10,13-14,22H,11-12H2,1-4H3,(H,21,23). The Balaban J connectivity index is 1.90. The number of amides is 1. The molecule has 0 aliphatic carbocycles. The van der Waals surface area contributed by atoms with Gasteiger partial charge in [-0.05, 0) is 48.2 Å². The van der Waals surface area contributed by atoms with Gasteiger partial charge in [-0.1, -0.05) is 32.0 Å². The zero-order valence-electron chi connectivity index (χ0n) is 16.1. The van der Waals surface area contributed by atoms with Crippen molar-refractivity contribution in [3.8, 4) is 5.75 Å². The maximum absolute atomic E-state index is 12.3. The minimum Gasteiger partial charge on any atom is -0.491 e. The van der Waals surface area contributed by atoms with Crippen molar-refractivity contribution in [1.29, 1.82) is 0 Å². The number of rotatable bonds is 8. The summed E-state index contributed by atoms with van der Waals surface area (Å²) < 4.78 is 30.9. The number of anilines is 1. The number of carbonyl (C=O) groups is 1. The lowest BCUT2D eigenvalue weighted by Gasteiger charge is -2.14. The van der Waals surface area contributed by atoms with Gasteiger partial charge in [0.15, 0.2) is 0 Å². The van der Waals surface area contributed by atoms with Crippen molar-refractivity contribution < 1.29 is 17.9 Å². The summed E-state index contributed by atoms with van der Waals surface area (Å²) in [5.74, 6) is 0.955. The first-order valence-electron chi connectivity index (χ1n) is 8.75. The Kier molecular flexibility index (Phi) is 6.85. The molecule has 0 atom stereocenters. The number of hydrogen-bond donors (Lipinski definition) is 2. The minimum atomic E-state index is -3.35. The molecule has 0 saturated heterocycles.